The number of aryl methyl sites for hydroxylation is 2. The minimum Gasteiger partial charge on any atom is -0.294 e. The molecule has 2 rings (SSSR count). The molecule has 1 aromatic carbocycles. The predicted molar refractivity (Wildman–Crippen MR) is 70.0 cm³/mol. The molecule has 0 unspecified atom stereocenters. The number of aromatic nitrogens is 2. The Bertz CT molecular complexity index is 488. The summed E-state index contributed by atoms with van der Waals surface area (Å²) in [6, 6.07) is 9.93. The Labute approximate surface area is 106 Å². The Balaban J connectivity index is 1.87. The second-order valence-corrected chi connectivity index (χ2v) is 4.57. The van der Waals surface area contributed by atoms with E-state index in [0.717, 1.165) is 23.9 Å². The van der Waals surface area contributed by atoms with Crippen molar-refractivity contribution in [3.05, 3.63) is 52.3 Å². The Morgan fingerprint density at radius 3 is 2.53 bits per heavy atom. The smallest absolute Gasteiger partial charge is 0.0909 e. The molecule has 0 radical (unpaired) electrons. The van der Waals surface area contributed by atoms with Gasteiger partial charge in [0, 0.05) is 17.3 Å². The van der Waals surface area contributed by atoms with Crippen molar-refractivity contribution < 1.29 is 0 Å². The summed E-state index contributed by atoms with van der Waals surface area (Å²) in [6.45, 7) is 5.60. The lowest BCUT2D eigenvalue weighted by Gasteiger charge is -2.07. The first-order chi connectivity index (χ1) is 8.15. The van der Waals surface area contributed by atoms with E-state index in [4.69, 9.17) is 11.6 Å². The molecule has 0 saturated carbocycles. The molecule has 3 nitrogen and oxygen atoms in total. The fourth-order valence-electron chi connectivity index (χ4n) is 1.74. The van der Waals surface area contributed by atoms with E-state index in [2.05, 4.69) is 23.4 Å². The predicted octanol–water partition coefficient (Wildman–Crippen LogP) is 2.90. The molecule has 0 fully saturated rings. The molecule has 0 aliphatic carbocycles. The molecule has 1 aromatic heterocycles. The summed E-state index contributed by atoms with van der Waals surface area (Å²) in [5, 5.41) is 8.51. The zero-order valence-electron chi connectivity index (χ0n) is 10.1. The van der Waals surface area contributed by atoms with Gasteiger partial charge in [-0.3, -0.25) is 10.00 Å². The van der Waals surface area contributed by atoms with Crippen LogP contribution in [-0.4, -0.2) is 9.78 Å². The molecule has 17 heavy (non-hydrogen) atoms. The highest BCUT2D eigenvalue weighted by Gasteiger charge is 1.99. The van der Waals surface area contributed by atoms with E-state index in [-0.39, 0.29) is 0 Å². The first-order valence-electron chi connectivity index (χ1n) is 5.61. The summed E-state index contributed by atoms with van der Waals surface area (Å²) in [4.78, 5) is 0. The molecule has 2 aromatic rings. The molecule has 0 aliphatic heterocycles. The highest BCUT2D eigenvalue weighted by Crippen LogP contribution is 2.09. The van der Waals surface area contributed by atoms with Crippen molar-refractivity contribution in [2.24, 2.45) is 0 Å². The molecule has 4 heteroatoms. The van der Waals surface area contributed by atoms with Crippen LogP contribution in [0.1, 0.15) is 17.0 Å². The molecule has 0 spiro atoms. The third kappa shape index (κ3) is 3.32. The van der Waals surface area contributed by atoms with Gasteiger partial charge in [-0.1, -0.05) is 23.7 Å². The molecule has 1 heterocycles. The highest BCUT2D eigenvalue weighted by molar-refractivity contribution is 6.30. The zero-order chi connectivity index (χ0) is 12.3. The van der Waals surface area contributed by atoms with Crippen molar-refractivity contribution in [3.8, 4) is 0 Å². The van der Waals surface area contributed by atoms with E-state index in [0.29, 0.717) is 0 Å². The molecule has 1 N–H and O–H groups in total. The lowest BCUT2D eigenvalue weighted by atomic mass is 10.2. The third-order valence-corrected chi connectivity index (χ3v) is 2.86. The second kappa shape index (κ2) is 5.34. The number of benzene rings is 1. The Morgan fingerprint density at radius 1 is 1.24 bits per heavy atom. The minimum atomic E-state index is 0.725. The maximum atomic E-state index is 5.83. The van der Waals surface area contributed by atoms with Crippen LogP contribution in [-0.2, 0) is 13.2 Å². The molecule has 90 valence electrons. The van der Waals surface area contributed by atoms with Crippen molar-refractivity contribution in [2.75, 3.05) is 0 Å². The summed E-state index contributed by atoms with van der Waals surface area (Å²) < 4.78 is 1.96. The SMILES string of the molecule is Cc1cc(C)n(CNCc2ccc(Cl)cc2)n1. The number of halogens is 1. The summed E-state index contributed by atoms with van der Waals surface area (Å²) in [5.41, 5.74) is 3.44. The molecule has 0 aliphatic rings. The monoisotopic (exact) mass is 249 g/mol. The van der Waals surface area contributed by atoms with Crippen molar-refractivity contribution in [1.82, 2.24) is 15.1 Å². The van der Waals surface area contributed by atoms with E-state index < -0.39 is 0 Å². The van der Waals surface area contributed by atoms with Gasteiger partial charge in [0.15, 0.2) is 0 Å². The minimum absolute atomic E-state index is 0.725. The lowest BCUT2D eigenvalue weighted by molar-refractivity contribution is 0.499. The van der Waals surface area contributed by atoms with Crippen LogP contribution in [0, 0.1) is 13.8 Å². The van der Waals surface area contributed by atoms with Gasteiger partial charge in [0.05, 0.1) is 12.4 Å². The van der Waals surface area contributed by atoms with Crippen LogP contribution in [0.25, 0.3) is 0 Å². The summed E-state index contributed by atoms with van der Waals surface area (Å²) in [5.74, 6) is 0. The average molecular weight is 250 g/mol. The first kappa shape index (κ1) is 12.1. The Morgan fingerprint density at radius 2 is 1.94 bits per heavy atom. The van der Waals surface area contributed by atoms with Crippen molar-refractivity contribution in [1.29, 1.82) is 0 Å². The van der Waals surface area contributed by atoms with Crippen molar-refractivity contribution in [2.45, 2.75) is 27.1 Å². The summed E-state index contributed by atoms with van der Waals surface area (Å²) in [6.07, 6.45) is 0. The Hall–Kier alpha value is -1.32. The van der Waals surface area contributed by atoms with Gasteiger partial charge in [0.25, 0.3) is 0 Å². The van der Waals surface area contributed by atoms with Crippen LogP contribution in [0.3, 0.4) is 0 Å². The topological polar surface area (TPSA) is 29.9 Å². The van der Waals surface area contributed by atoms with Crippen LogP contribution in [0.5, 0.6) is 0 Å². The molecule has 0 amide bonds. The molecular weight excluding hydrogens is 234 g/mol. The molecule has 0 atom stereocenters. The fraction of sp³-hybridized carbons (Fsp3) is 0.308. The zero-order valence-corrected chi connectivity index (χ0v) is 10.8. The quantitative estimate of drug-likeness (QED) is 0.903. The maximum absolute atomic E-state index is 5.83. The summed E-state index contributed by atoms with van der Waals surface area (Å²) in [7, 11) is 0. The number of rotatable bonds is 4. The molecule has 0 bridgehead atoms. The van der Waals surface area contributed by atoms with Crippen LogP contribution in [0.4, 0.5) is 0 Å². The average Bonchev–Trinajstić information content (AvgIpc) is 2.60. The van der Waals surface area contributed by atoms with E-state index in [1.807, 2.05) is 35.9 Å². The van der Waals surface area contributed by atoms with Crippen LogP contribution in [0.2, 0.25) is 5.02 Å². The van der Waals surface area contributed by atoms with Gasteiger partial charge in [0.2, 0.25) is 0 Å². The van der Waals surface area contributed by atoms with Gasteiger partial charge in [-0.05, 0) is 37.6 Å². The van der Waals surface area contributed by atoms with E-state index >= 15 is 0 Å². The van der Waals surface area contributed by atoms with Gasteiger partial charge in [0.1, 0.15) is 0 Å². The number of nitrogens with one attached hydrogen (secondary N) is 1. The number of hydrogen-bond acceptors (Lipinski definition) is 2. The highest BCUT2D eigenvalue weighted by atomic mass is 35.5. The van der Waals surface area contributed by atoms with Gasteiger partial charge >= 0.3 is 0 Å². The first-order valence-corrected chi connectivity index (χ1v) is 5.99. The van der Waals surface area contributed by atoms with Gasteiger partial charge in [-0.25, -0.2) is 0 Å². The second-order valence-electron chi connectivity index (χ2n) is 4.14. The van der Waals surface area contributed by atoms with E-state index in [9.17, 15) is 0 Å². The largest absolute Gasteiger partial charge is 0.294 e. The number of nitrogens with zero attached hydrogens (tertiary/aromatic N) is 2. The van der Waals surface area contributed by atoms with Crippen LogP contribution >= 0.6 is 11.6 Å². The van der Waals surface area contributed by atoms with Crippen molar-refractivity contribution >= 4 is 11.6 Å². The van der Waals surface area contributed by atoms with Crippen LogP contribution in [0.15, 0.2) is 30.3 Å². The summed E-state index contributed by atoms with van der Waals surface area (Å²) >= 11 is 5.83. The normalized spacial score (nSPS) is 10.8. The Kier molecular flexibility index (Phi) is 3.82. The van der Waals surface area contributed by atoms with Gasteiger partial charge in [-0.2, -0.15) is 5.10 Å². The van der Waals surface area contributed by atoms with Gasteiger partial charge in [-0.15, -0.1) is 0 Å². The molecule has 0 saturated heterocycles. The van der Waals surface area contributed by atoms with Gasteiger partial charge < -0.3 is 0 Å². The standard InChI is InChI=1S/C13H16ClN3/c1-10-7-11(2)17(16-10)9-15-8-12-3-5-13(14)6-4-12/h3-7,15H,8-9H2,1-2H3. The fourth-order valence-corrected chi connectivity index (χ4v) is 1.87. The maximum Gasteiger partial charge on any atom is 0.0909 e. The third-order valence-electron chi connectivity index (χ3n) is 2.61. The lowest BCUT2D eigenvalue weighted by Crippen LogP contribution is -2.19. The van der Waals surface area contributed by atoms with Crippen LogP contribution < -0.4 is 5.32 Å². The van der Waals surface area contributed by atoms with E-state index in [1.54, 1.807) is 0 Å². The number of hydrogen-bond donors (Lipinski definition) is 1. The van der Waals surface area contributed by atoms with E-state index in [1.165, 1.54) is 11.3 Å². The molecular formula is C13H16ClN3. The van der Waals surface area contributed by atoms with Crippen molar-refractivity contribution in [3.63, 3.8) is 0 Å².